The van der Waals surface area contributed by atoms with Gasteiger partial charge in [0, 0.05) is 19.1 Å². The van der Waals surface area contributed by atoms with Gasteiger partial charge in [0.05, 0.1) is 5.75 Å². The number of nitrogens with one attached hydrogen (secondary N) is 2. The van der Waals surface area contributed by atoms with Crippen LogP contribution in [-0.2, 0) is 10.0 Å². The van der Waals surface area contributed by atoms with Gasteiger partial charge in [-0.2, -0.15) is 0 Å². The van der Waals surface area contributed by atoms with E-state index in [2.05, 4.69) is 17.0 Å². The maximum atomic E-state index is 11.2. The zero-order chi connectivity index (χ0) is 12.0. The third-order valence-corrected chi connectivity index (χ3v) is 4.60. The Balaban J connectivity index is 2.11. The molecule has 1 saturated carbocycles. The SMILES string of the molecule is CCS(=O)(=O)NCCNC1CCCC(C)C1. The monoisotopic (exact) mass is 248 g/mol. The first kappa shape index (κ1) is 13.9. The van der Waals surface area contributed by atoms with E-state index < -0.39 is 10.0 Å². The third kappa shape index (κ3) is 5.27. The fourth-order valence-electron chi connectivity index (χ4n) is 2.20. The highest BCUT2D eigenvalue weighted by Crippen LogP contribution is 2.23. The minimum Gasteiger partial charge on any atom is -0.313 e. The average molecular weight is 248 g/mol. The van der Waals surface area contributed by atoms with Crippen LogP contribution in [0.15, 0.2) is 0 Å². The Morgan fingerprint density at radius 1 is 1.25 bits per heavy atom. The minimum atomic E-state index is -3.02. The van der Waals surface area contributed by atoms with Crippen molar-refractivity contribution in [1.29, 1.82) is 0 Å². The second-order valence-corrected chi connectivity index (χ2v) is 6.82. The second kappa shape index (κ2) is 6.57. The number of sulfonamides is 1. The van der Waals surface area contributed by atoms with Gasteiger partial charge in [0.15, 0.2) is 0 Å². The lowest BCUT2D eigenvalue weighted by atomic mass is 9.87. The number of hydrogen-bond donors (Lipinski definition) is 2. The van der Waals surface area contributed by atoms with Crippen molar-refractivity contribution in [2.45, 2.75) is 45.6 Å². The molecule has 0 aromatic rings. The van der Waals surface area contributed by atoms with Crippen LogP contribution in [0.5, 0.6) is 0 Å². The van der Waals surface area contributed by atoms with Crippen molar-refractivity contribution in [3.05, 3.63) is 0 Å². The van der Waals surface area contributed by atoms with Gasteiger partial charge in [-0.3, -0.25) is 0 Å². The summed E-state index contributed by atoms with van der Waals surface area (Å²) in [6.07, 6.45) is 5.07. The first-order valence-corrected chi connectivity index (χ1v) is 7.89. The van der Waals surface area contributed by atoms with Gasteiger partial charge in [0.1, 0.15) is 0 Å². The Morgan fingerprint density at radius 2 is 2.00 bits per heavy atom. The zero-order valence-corrected chi connectivity index (χ0v) is 11.1. The van der Waals surface area contributed by atoms with Gasteiger partial charge in [0.2, 0.25) is 10.0 Å². The summed E-state index contributed by atoms with van der Waals surface area (Å²) < 4.78 is 24.9. The summed E-state index contributed by atoms with van der Waals surface area (Å²) in [7, 11) is -3.02. The lowest BCUT2D eigenvalue weighted by Gasteiger charge is -2.27. The van der Waals surface area contributed by atoms with Gasteiger partial charge in [-0.05, 0) is 25.7 Å². The molecule has 96 valence electrons. The molecule has 2 unspecified atom stereocenters. The summed E-state index contributed by atoms with van der Waals surface area (Å²) in [6, 6.07) is 0.579. The average Bonchev–Trinajstić information content (AvgIpc) is 2.25. The molecule has 1 fully saturated rings. The Kier molecular flexibility index (Phi) is 5.72. The van der Waals surface area contributed by atoms with Crippen molar-refractivity contribution >= 4 is 10.0 Å². The van der Waals surface area contributed by atoms with Crippen LogP contribution in [-0.4, -0.2) is 33.3 Å². The summed E-state index contributed by atoms with van der Waals surface area (Å²) in [4.78, 5) is 0. The number of rotatable bonds is 6. The molecular weight excluding hydrogens is 224 g/mol. The lowest BCUT2D eigenvalue weighted by Crippen LogP contribution is -2.39. The molecule has 0 aromatic carbocycles. The van der Waals surface area contributed by atoms with Crippen LogP contribution in [0.2, 0.25) is 0 Å². The van der Waals surface area contributed by atoms with Crippen LogP contribution in [0, 0.1) is 5.92 Å². The molecule has 0 aliphatic heterocycles. The largest absolute Gasteiger partial charge is 0.313 e. The fraction of sp³-hybridized carbons (Fsp3) is 1.00. The van der Waals surface area contributed by atoms with Crippen LogP contribution in [0.3, 0.4) is 0 Å². The highest BCUT2D eigenvalue weighted by molar-refractivity contribution is 7.89. The second-order valence-electron chi connectivity index (χ2n) is 4.72. The Bertz CT molecular complexity index is 290. The topological polar surface area (TPSA) is 58.2 Å². The maximum absolute atomic E-state index is 11.2. The highest BCUT2D eigenvalue weighted by Gasteiger charge is 2.17. The highest BCUT2D eigenvalue weighted by atomic mass is 32.2. The van der Waals surface area contributed by atoms with E-state index in [1.165, 1.54) is 25.7 Å². The van der Waals surface area contributed by atoms with E-state index in [-0.39, 0.29) is 5.75 Å². The van der Waals surface area contributed by atoms with Crippen LogP contribution < -0.4 is 10.0 Å². The van der Waals surface area contributed by atoms with Crippen LogP contribution >= 0.6 is 0 Å². The zero-order valence-electron chi connectivity index (χ0n) is 10.3. The Hall–Kier alpha value is -0.130. The van der Waals surface area contributed by atoms with Crippen molar-refractivity contribution in [1.82, 2.24) is 10.0 Å². The van der Waals surface area contributed by atoms with Gasteiger partial charge >= 0.3 is 0 Å². The molecule has 0 heterocycles. The molecule has 1 rings (SSSR count). The smallest absolute Gasteiger partial charge is 0.211 e. The minimum absolute atomic E-state index is 0.160. The molecule has 1 aliphatic rings. The van der Waals surface area contributed by atoms with Crippen molar-refractivity contribution < 1.29 is 8.42 Å². The normalized spacial score (nSPS) is 26.9. The summed E-state index contributed by atoms with van der Waals surface area (Å²) >= 11 is 0. The van der Waals surface area contributed by atoms with Crippen LogP contribution in [0.1, 0.15) is 39.5 Å². The molecule has 16 heavy (non-hydrogen) atoms. The van der Waals surface area contributed by atoms with Crippen LogP contribution in [0.25, 0.3) is 0 Å². The van der Waals surface area contributed by atoms with Crippen molar-refractivity contribution in [3.63, 3.8) is 0 Å². The Morgan fingerprint density at radius 3 is 2.62 bits per heavy atom. The standard InChI is InChI=1S/C11H24N2O2S/c1-3-16(14,15)13-8-7-12-11-6-4-5-10(2)9-11/h10-13H,3-9H2,1-2H3. The number of hydrogen-bond acceptors (Lipinski definition) is 3. The third-order valence-electron chi connectivity index (χ3n) is 3.20. The molecule has 0 aromatic heterocycles. The van der Waals surface area contributed by atoms with E-state index in [4.69, 9.17) is 0 Å². The lowest BCUT2D eigenvalue weighted by molar-refractivity contribution is 0.303. The van der Waals surface area contributed by atoms with Gasteiger partial charge in [0.25, 0.3) is 0 Å². The molecule has 5 heteroatoms. The molecule has 0 spiro atoms. The predicted octanol–water partition coefficient (Wildman–Crippen LogP) is 1.09. The van der Waals surface area contributed by atoms with Gasteiger partial charge < -0.3 is 5.32 Å². The summed E-state index contributed by atoms with van der Waals surface area (Å²) in [5, 5.41) is 3.42. The van der Waals surface area contributed by atoms with E-state index in [1.807, 2.05) is 0 Å². The van der Waals surface area contributed by atoms with Crippen molar-refractivity contribution in [2.75, 3.05) is 18.8 Å². The summed E-state index contributed by atoms with van der Waals surface area (Å²) in [5.74, 6) is 0.964. The van der Waals surface area contributed by atoms with Crippen molar-refractivity contribution in [3.8, 4) is 0 Å². The molecule has 4 nitrogen and oxygen atoms in total. The molecular formula is C11H24N2O2S. The molecule has 2 N–H and O–H groups in total. The molecule has 2 atom stereocenters. The Labute approximate surface area is 99.2 Å². The first-order valence-electron chi connectivity index (χ1n) is 6.24. The molecule has 0 saturated heterocycles. The van der Waals surface area contributed by atoms with E-state index in [9.17, 15) is 8.42 Å². The summed E-state index contributed by atoms with van der Waals surface area (Å²) in [6.45, 7) is 5.17. The molecule has 0 amide bonds. The van der Waals surface area contributed by atoms with Gasteiger partial charge in [-0.25, -0.2) is 13.1 Å². The maximum Gasteiger partial charge on any atom is 0.211 e. The van der Waals surface area contributed by atoms with Gasteiger partial charge in [-0.1, -0.05) is 19.8 Å². The van der Waals surface area contributed by atoms with Crippen LogP contribution in [0.4, 0.5) is 0 Å². The first-order chi connectivity index (χ1) is 7.53. The van der Waals surface area contributed by atoms with Gasteiger partial charge in [-0.15, -0.1) is 0 Å². The predicted molar refractivity (Wildman–Crippen MR) is 66.9 cm³/mol. The van der Waals surface area contributed by atoms with Crippen molar-refractivity contribution in [2.24, 2.45) is 5.92 Å². The quantitative estimate of drug-likeness (QED) is 0.692. The molecule has 0 bridgehead atoms. The van der Waals surface area contributed by atoms with E-state index in [1.54, 1.807) is 6.92 Å². The van der Waals surface area contributed by atoms with E-state index >= 15 is 0 Å². The molecule has 0 radical (unpaired) electrons. The van der Waals surface area contributed by atoms with E-state index in [0.717, 1.165) is 12.5 Å². The molecule has 1 aliphatic carbocycles. The van der Waals surface area contributed by atoms with E-state index in [0.29, 0.717) is 12.6 Å². The fourth-order valence-corrected chi connectivity index (χ4v) is 2.82. The summed E-state index contributed by atoms with van der Waals surface area (Å²) in [5.41, 5.74) is 0.